The molecule has 0 aliphatic heterocycles. The van der Waals surface area contributed by atoms with Crippen LogP contribution in [0, 0.1) is 4.64 Å². The van der Waals surface area contributed by atoms with E-state index in [2.05, 4.69) is 23.8 Å². The summed E-state index contributed by atoms with van der Waals surface area (Å²) in [5.41, 5.74) is 2.95. The second-order valence-electron chi connectivity index (χ2n) is 4.75. The summed E-state index contributed by atoms with van der Waals surface area (Å²) in [6, 6.07) is 5.75. The fourth-order valence-electron chi connectivity index (χ4n) is 2.14. The summed E-state index contributed by atoms with van der Waals surface area (Å²) in [7, 11) is 3.27. The standard InChI is InChI=1S/C15H18N2O2S/c1-9(2)13-14(16-8-17-15(13)20)10-5-11(18-3)7-12(6-10)19-4/h5-9H,1-4H3,(H,16,17,20). The molecule has 0 aliphatic rings. The number of ether oxygens (including phenoxy) is 2. The molecule has 0 amide bonds. The van der Waals surface area contributed by atoms with Gasteiger partial charge in [-0.05, 0) is 18.1 Å². The van der Waals surface area contributed by atoms with Gasteiger partial charge in [0.05, 0.1) is 26.2 Å². The first-order valence-electron chi connectivity index (χ1n) is 6.37. The van der Waals surface area contributed by atoms with E-state index in [-0.39, 0.29) is 5.92 Å². The van der Waals surface area contributed by atoms with E-state index in [1.165, 1.54) is 0 Å². The van der Waals surface area contributed by atoms with Crippen LogP contribution in [0.2, 0.25) is 0 Å². The highest BCUT2D eigenvalue weighted by molar-refractivity contribution is 7.71. The van der Waals surface area contributed by atoms with Crippen molar-refractivity contribution in [3.63, 3.8) is 0 Å². The van der Waals surface area contributed by atoms with Crippen LogP contribution in [-0.2, 0) is 0 Å². The van der Waals surface area contributed by atoms with Crippen molar-refractivity contribution in [3.05, 3.63) is 34.7 Å². The fraction of sp³-hybridized carbons (Fsp3) is 0.333. The number of rotatable bonds is 4. The molecule has 0 saturated carbocycles. The normalized spacial score (nSPS) is 10.7. The highest BCUT2D eigenvalue weighted by Gasteiger charge is 2.13. The van der Waals surface area contributed by atoms with Gasteiger partial charge in [0.15, 0.2) is 0 Å². The Balaban J connectivity index is 2.68. The Morgan fingerprint density at radius 3 is 2.20 bits per heavy atom. The average molecular weight is 290 g/mol. The first kappa shape index (κ1) is 14.5. The molecule has 2 aromatic rings. The molecule has 0 saturated heterocycles. The molecule has 0 spiro atoms. The van der Waals surface area contributed by atoms with E-state index >= 15 is 0 Å². The van der Waals surface area contributed by atoms with E-state index in [4.69, 9.17) is 21.7 Å². The summed E-state index contributed by atoms with van der Waals surface area (Å²) in [5.74, 6) is 1.76. The van der Waals surface area contributed by atoms with Gasteiger partial charge in [-0.2, -0.15) is 0 Å². The predicted octanol–water partition coefficient (Wildman–Crippen LogP) is 3.95. The molecule has 20 heavy (non-hydrogen) atoms. The van der Waals surface area contributed by atoms with E-state index in [1.807, 2.05) is 18.2 Å². The Hall–Kier alpha value is -1.88. The minimum atomic E-state index is 0.277. The lowest BCUT2D eigenvalue weighted by atomic mass is 9.98. The molecule has 4 nitrogen and oxygen atoms in total. The van der Waals surface area contributed by atoms with E-state index < -0.39 is 0 Å². The largest absolute Gasteiger partial charge is 0.497 e. The van der Waals surface area contributed by atoms with E-state index in [0.29, 0.717) is 4.64 Å². The lowest BCUT2D eigenvalue weighted by Crippen LogP contribution is -1.99. The predicted molar refractivity (Wildman–Crippen MR) is 82.1 cm³/mol. The Morgan fingerprint density at radius 1 is 1.10 bits per heavy atom. The van der Waals surface area contributed by atoms with Gasteiger partial charge < -0.3 is 14.5 Å². The fourth-order valence-corrected chi connectivity index (χ4v) is 2.53. The minimum Gasteiger partial charge on any atom is -0.497 e. The maximum Gasteiger partial charge on any atom is 0.133 e. The zero-order chi connectivity index (χ0) is 14.7. The highest BCUT2D eigenvalue weighted by Crippen LogP contribution is 2.33. The summed E-state index contributed by atoms with van der Waals surface area (Å²) in [4.78, 5) is 7.36. The quantitative estimate of drug-likeness (QED) is 0.866. The Kier molecular flexibility index (Phi) is 4.39. The summed E-state index contributed by atoms with van der Waals surface area (Å²) in [6.45, 7) is 4.20. The third kappa shape index (κ3) is 2.82. The van der Waals surface area contributed by atoms with Gasteiger partial charge in [0.1, 0.15) is 16.1 Å². The maximum atomic E-state index is 5.34. The molecule has 1 N–H and O–H groups in total. The Labute approximate surface area is 123 Å². The van der Waals surface area contributed by atoms with Crippen molar-refractivity contribution in [1.29, 1.82) is 0 Å². The number of aromatic amines is 1. The van der Waals surface area contributed by atoms with Crippen LogP contribution in [0.5, 0.6) is 11.5 Å². The summed E-state index contributed by atoms with van der Waals surface area (Å²) in [5, 5.41) is 0. The monoisotopic (exact) mass is 290 g/mol. The number of aromatic nitrogens is 2. The highest BCUT2D eigenvalue weighted by atomic mass is 32.1. The van der Waals surface area contributed by atoms with Gasteiger partial charge in [0, 0.05) is 17.2 Å². The second-order valence-corrected chi connectivity index (χ2v) is 5.14. The Bertz CT molecular complexity index is 643. The average Bonchev–Trinajstić information content (AvgIpc) is 2.45. The summed E-state index contributed by atoms with van der Waals surface area (Å²) >= 11 is 5.34. The van der Waals surface area contributed by atoms with Crippen LogP contribution in [-0.4, -0.2) is 24.2 Å². The Morgan fingerprint density at radius 2 is 1.70 bits per heavy atom. The molecule has 2 rings (SSSR count). The van der Waals surface area contributed by atoms with Crippen LogP contribution >= 0.6 is 12.2 Å². The lowest BCUT2D eigenvalue weighted by Gasteiger charge is -2.14. The molecule has 0 radical (unpaired) electrons. The SMILES string of the molecule is COc1cc(OC)cc(-c2[nH]cnc(=S)c2C(C)C)c1. The van der Waals surface area contributed by atoms with Gasteiger partial charge >= 0.3 is 0 Å². The van der Waals surface area contributed by atoms with Gasteiger partial charge in [-0.3, -0.25) is 0 Å². The van der Waals surface area contributed by atoms with Gasteiger partial charge in [0.2, 0.25) is 0 Å². The van der Waals surface area contributed by atoms with Crippen LogP contribution in [0.3, 0.4) is 0 Å². The zero-order valence-corrected chi connectivity index (χ0v) is 12.9. The van der Waals surface area contributed by atoms with Crippen LogP contribution < -0.4 is 9.47 Å². The van der Waals surface area contributed by atoms with Gasteiger partial charge in [-0.1, -0.05) is 26.1 Å². The molecule has 1 aromatic heterocycles. The van der Waals surface area contributed by atoms with Crippen molar-refractivity contribution in [2.45, 2.75) is 19.8 Å². The van der Waals surface area contributed by atoms with Crippen LogP contribution in [0.25, 0.3) is 11.3 Å². The molecule has 0 bridgehead atoms. The number of nitrogens with one attached hydrogen (secondary N) is 1. The van der Waals surface area contributed by atoms with Crippen LogP contribution in [0.1, 0.15) is 25.3 Å². The van der Waals surface area contributed by atoms with Gasteiger partial charge in [-0.15, -0.1) is 0 Å². The van der Waals surface area contributed by atoms with Crippen LogP contribution in [0.4, 0.5) is 0 Å². The summed E-state index contributed by atoms with van der Waals surface area (Å²) < 4.78 is 11.2. The minimum absolute atomic E-state index is 0.277. The van der Waals surface area contributed by atoms with Crippen molar-refractivity contribution < 1.29 is 9.47 Å². The smallest absolute Gasteiger partial charge is 0.133 e. The number of benzene rings is 1. The molecule has 1 aromatic carbocycles. The number of hydrogen-bond acceptors (Lipinski definition) is 4. The van der Waals surface area contributed by atoms with Crippen molar-refractivity contribution in [3.8, 4) is 22.8 Å². The molecule has 0 unspecified atom stereocenters. The van der Waals surface area contributed by atoms with E-state index in [9.17, 15) is 0 Å². The maximum absolute atomic E-state index is 5.34. The van der Waals surface area contributed by atoms with Crippen molar-refractivity contribution in [2.75, 3.05) is 14.2 Å². The zero-order valence-electron chi connectivity index (χ0n) is 12.1. The molecule has 0 atom stereocenters. The van der Waals surface area contributed by atoms with Crippen LogP contribution in [0.15, 0.2) is 24.5 Å². The molecular formula is C15H18N2O2S. The third-order valence-electron chi connectivity index (χ3n) is 3.11. The summed E-state index contributed by atoms with van der Waals surface area (Å²) in [6.07, 6.45) is 1.62. The van der Waals surface area contributed by atoms with Gasteiger partial charge in [-0.25, -0.2) is 4.98 Å². The number of methoxy groups -OCH3 is 2. The number of hydrogen-bond donors (Lipinski definition) is 1. The molecule has 0 fully saturated rings. The van der Waals surface area contributed by atoms with E-state index in [0.717, 1.165) is 28.3 Å². The van der Waals surface area contributed by atoms with Crippen molar-refractivity contribution in [1.82, 2.24) is 9.97 Å². The van der Waals surface area contributed by atoms with E-state index in [1.54, 1.807) is 20.5 Å². The van der Waals surface area contributed by atoms with Crippen molar-refractivity contribution >= 4 is 12.2 Å². The van der Waals surface area contributed by atoms with Gasteiger partial charge in [0.25, 0.3) is 0 Å². The molecule has 0 aliphatic carbocycles. The number of H-pyrrole nitrogens is 1. The molecule has 106 valence electrons. The third-order valence-corrected chi connectivity index (χ3v) is 3.43. The second kappa shape index (κ2) is 6.05. The molecule has 5 heteroatoms. The first-order valence-corrected chi connectivity index (χ1v) is 6.78. The number of nitrogens with zero attached hydrogens (tertiary/aromatic N) is 1. The first-order chi connectivity index (χ1) is 9.56. The molecular weight excluding hydrogens is 272 g/mol. The van der Waals surface area contributed by atoms with Crippen molar-refractivity contribution in [2.24, 2.45) is 0 Å². The molecule has 1 heterocycles. The topological polar surface area (TPSA) is 47.1 Å². The lowest BCUT2D eigenvalue weighted by molar-refractivity contribution is 0.394.